The standard InChI is InChI=1S/3C10H14O4.C9H14O2.C6H12O4.C4H8O3.2C2H4O2/c3*1-5-3-4-6(2)8(10(13)14)7(5)9(11)12;1-6-3-4-7(2)8(5-6)9(10)11;1-6(8)10-5-4-9-3-2-7;1-4(6)7-3-2-5;2*1-2(3)4/h3*3-8H,1-2H3,(H,11,12)(H,13,14);3-4,6-8H,5H2,1-2H3,(H,10,11);7H,2-5H2,1H3;5H,2-3H2,1H3;2*1H3,(H,3,4). The molecule has 11 N–H and O–H groups in total. The lowest BCUT2D eigenvalue weighted by Crippen LogP contribution is -2.39. The van der Waals surface area contributed by atoms with Gasteiger partial charge in [-0.15, -0.1) is 0 Å². The van der Waals surface area contributed by atoms with Crippen LogP contribution in [0.2, 0.25) is 0 Å². The lowest BCUT2D eigenvalue weighted by Gasteiger charge is -2.31. The summed E-state index contributed by atoms with van der Waals surface area (Å²) < 4.78 is 13.7. The molecule has 0 aliphatic heterocycles. The van der Waals surface area contributed by atoms with Gasteiger partial charge >= 0.3 is 53.7 Å². The van der Waals surface area contributed by atoms with Crippen LogP contribution >= 0.6 is 0 Å². The topological polar surface area (TPSA) is 438 Å². The Kier molecular flexibility index (Phi) is 41.8. The number of aliphatic carboxylic acids is 9. The first-order chi connectivity index (χ1) is 36.0. The van der Waals surface area contributed by atoms with Crippen LogP contribution < -0.4 is 0 Å². The quantitative estimate of drug-likeness (QED) is 0.0626. The van der Waals surface area contributed by atoms with Gasteiger partial charge in [0.05, 0.1) is 67.9 Å². The van der Waals surface area contributed by atoms with Crippen LogP contribution in [0.4, 0.5) is 0 Å². The molecule has 15 unspecified atom stereocenters. The normalized spacial score (nSPS) is 27.6. The molecule has 4 aliphatic rings. The molecule has 0 heterocycles. The number of aliphatic hydroxyl groups excluding tert-OH is 2. The van der Waals surface area contributed by atoms with E-state index >= 15 is 0 Å². The average molecular weight is 1120 g/mol. The van der Waals surface area contributed by atoms with Crippen LogP contribution in [-0.2, 0) is 67.0 Å². The van der Waals surface area contributed by atoms with E-state index in [1.54, 1.807) is 78.0 Å². The molecular weight excluding hydrogens is 1040 g/mol. The maximum Gasteiger partial charge on any atom is 0.307 e. The van der Waals surface area contributed by atoms with Crippen LogP contribution in [0.3, 0.4) is 0 Å². The number of carboxylic acids is 9. The van der Waals surface area contributed by atoms with Crippen molar-refractivity contribution in [3.8, 4) is 0 Å². The number of hydrogen-bond acceptors (Lipinski definition) is 16. The van der Waals surface area contributed by atoms with Crippen LogP contribution in [-0.4, -0.2) is 161 Å². The number of hydrogen-bond donors (Lipinski definition) is 11. The molecule has 0 spiro atoms. The Morgan fingerprint density at radius 1 is 0.346 bits per heavy atom. The highest BCUT2D eigenvalue weighted by Gasteiger charge is 2.44. The Balaban J connectivity index is -0.000000414. The van der Waals surface area contributed by atoms with E-state index < -0.39 is 89.2 Å². The zero-order chi connectivity index (χ0) is 61.7. The number of rotatable bonds is 14. The zero-order valence-electron chi connectivity index (χ0n) is 46.4. The van der Waals surface area contributed by atoms with Gasteiger partial charge in [-0.2, -0.15) is 0 Å². The van der Waals surface area contributed by atoms with Crippen LogP contribution in [0, 0.1) is 88.8 Å². The predicted octanol–water partition coefficient (Wildman–Crippen LogP) is 4.89. The number of carboxylic acid groups (broad SMARTS) is 9. The fourth-order valence-corrected chi connectivity index (χ4v) is 8.12. The van der Waals surface area contributed by atoms with Crippen LogP contribution in [0.25, 0.3) is 0 Å². The molecule has 25 heteroatoms. The lowest BCUT2D eigenvalue weighted by atomic mass is 9.72. The van der Waals surface area contributed by atoms with Crippen molar-refractivity contribution in [1.82, 2.24) is 0 Å². The molecule has 0 radical (unpaired) electrons. The first-order valence-electron chi connectivity index (χ1n) is 24.7. The van der Waals surface area contributed by atoms with Gasteiger partial charge in [0.25, 0.3) is 11.9 Å². The number of esters is 2. The molecule has 0 saturated carbocycles. The third kappa shape index (κ3) is 34.6. The minimum absolute atomic E-state index is 0.0000709. The molecule has 0 amide bonds. The Morgan fingerprint density at radius 2 is 0.577 bits per heavy atom. The van der Waals surface area contributed by atoms with Crippen molar-refractivity contribution in [2.24, 2.45) is 88.8 Å². The highest BCUT2D eigenvalue weighted by atomic mass is 16.6. The molecule has 0 bridgehead atoms. The fourth-order valence-electron chi connectivity index (χ4n) is 8.12. The van der Waals surface area contributed by atoms with Crippen molar-refractivity contribution in [3.63, 3.8) is 0 Å². The molecule has 0 aromatic rings. The summed E-state index contributed by atoms with van der Waals surface area (Å²) in [4.78, 5) is 114. The fraction of sp³-hybridized carbons (Fsp3) is 0.642. The largest absolute Gasteiger partial charge is 0.481 e. The third-order valence-corrected chi connectivity index (χ3v) is 11.9. The van der Waals surface area contributed by atoms with Gasteiger partial charge in [0.1, 0.15) is 13.2 Å². The van der Waals surface area contributed by atoms with Gasteiger partial charge in [-0.3, -0.25) is 52.7 Å². The van der Waals surface area contributed by atoms with E-state index in [1.165, 1.54) is 13.8 Å². The second kappa shape index (κ2) is 42.1. The minimum Gasteiger partial charge on any atom is -0.481 e. The second-order valence-corrected chi connectivity index (χ2v) is 18.7. The summed E-state index contributed by atoms with van der Waals surface area (Å²) >= 11 is 0. The minimum atomic E-state index is -1.03. The number of aliphatic hydroxyl groups is 2. The van der Waals surface area contributed by atoms with E-state index in [-0.39, 0.29) is 85.7 Å². The van der Waals surface area contributed by atoms with Gasteiger partial charge in [-0.25, -0.2) is 0 Å². The summed E-state index contributed by atoms with van der Waals surface area (Å²) in [5, 5.41) is 93.6. The Labute approximate surface area is 454 Å². The zero-order valence-corrected chi connectivity index (χ0v) is 46.4. The van der Waals surface area contributed by atoms with Gasteiger partial charge in [0.2, 0.25) is 0 Å². The molecule has 0 saturated heterocycles. The summed E-state index contributed by atoms with van der Waals surface area (Å²) in [6, 6.07) is 0. The number of carbonyl (C=O) groups is 11. The predicted molar refractivity (Wildman–Crippen MR) is 277 cm³/mol. The summed E-state index contributed by atoms with van der Waals surface area (Å²) in [6.45, 7) is 20.1. The van der Waals surface area contributed by atoms with Crippen molar-refractivity contribution < 1.29 is 123 Å². The molecule has 0 fully saturated rings. The second-order valence-electron chi connectivity index (χ2n) is 18.7. The third-order valence-electron chi connectivity index (χ3n) is 11.9. The molecule has 4 rings (SSSR count). The van der Waals surface area contributed by atoms with E-state index in [4.69, 9.17) is 70.5 Å². The maximum atomic E-state index is 10.9. The summed E-state index contributed by atoms with van der Waals surface area (Å²) in [6.07, 6.45) is 15.6. The monoisotopic (exact) mass is 1120 g/mol. The van der Waals surface area contributed by atoms with Crippen molar-refractivity contribution in [1.29, 1.82) is 0 Å². The first-order valence-corrected chi connectivity index (χ1v) is 24.7. The first kappa shape index (κ1) is 77.5. The van der Waals surface area contributed by atoms with E-state index in [1.807, 2.05) is 13.0 Å². The highest BCUT2D eigenvalue weighted by molar-refractivity contribution is 5.83. The Hall–Kier alpha value is -6.99. The molecular formula is C53H84O25. The van der Waals surface area contributed by atoms with Crippen LogP contribution in [0.5, 0.6) is 0 Å². The molecule has 4 aliphatic carbocycles. The van der Waals surface area contributed by atoms with Crippen LogP contribution in [0.1, 0.15) is 89.5 Å². The van der Waals surface area contributed by atoms with Crippen molar-refractivity contribution in [2.45, 2.75) is 89.5 Å². The number of ether oxygens (including phenoxy) is 3. The van der Waals surface area contributed by atoms with Gasteiger partial charge in [-0.1, -0.05) is 104 Å². The van der Waals surface area contributed by atoms with E-state index in [0.717, 1.165) is 20.3 Å². The van der Waals surface area contributed by atoms with Gasteiger partial charge in [0, 0.05) is 27.7 Å². The van der Waals surface area contributed by atoms with E-state index in [9.17, 15) is 43.2 Å². The van der Waals surface area contributed by atoms with Crippen molar-refractivity contribution >= 4 is 65.7 Å². The highest BCUT2D eigenvalue weighted by Crippen LogP contribution is 2.36. The number of allylic oxidation sites excluding steroid dienone is 8. The maximum absolute atomic E-state index is 10.9. The molecule has 25 nitrogen and oxygen atoms in total. The van der Waals surface area contributed by atoms with Gasteiger partial charge in [0.15, 0.2) is 0 Å². The Bertz CT molecular complexity index is 1780. The molecule has 0 aromatic carbocycles. The SMILES string of the molecule is CC(=O)O.CC(=O)O.CC(=O)OCCO.CC(=O)OCCOCCO.CC1C=CC(C)C(C(=O)O)C1.CC1C=CC(C)C(C(=O)O)C1C(=O)O.CC1C=CC(C)C(C(=O)O)C1C(=O)O.CC1C=CC(C)C(C(=O)O)C1C(=O)O. The van der Waals surface area contributed by atoms with Crippen molar-refractivity contribution in [3.05, 3.63) is 48.6 Å². The van der Waals surface area contributed by atoms with Gasteiger partial charge in [-0.05, 0) is 53.8 Å². The van der Waals surface area contributed by atoms with Crippen LogP contribution in [0.15, 0.2) is 48.6 Å². The molecule has 78 heavy (non-hydrogen) atoms. The molecule has 446 valence electrons. The molecule has 0 aromatic heterocycles. The Morgan fingerprint density at radius 3 is 0.756 bits per heavy atom. The van der Waals surface area contributed by atoms with E-state index in [0.29, 0.717) is 19.1 Å². The smallest absolute Gasteiger partial charge is 0.307 e. The number of carbonyl (C=O) groups excluding carboxylic acids is 2. The van der Waals surface area contributed by atoms with Crippen molar-refractivity contribution in [2.75, 3.05) is 39.6 Å². The summed E-state index contributed by atoms with van der Waals surface area (Å²) in [5.74, 6) is -14.9. The van der Waals surface area contributed by atoms with Gasteiger partial charge < -0.3 is 70.4 Å². The average Bonchev–Trinajstić information content (AvgIpc) is 3.30. The van der Waals surface area contributed by atoms with E-state index in [2.05, 4.69) is 22.5 Å². The summed E-state index contributed by atoms with van der Waals surface area (Å²) in [5.41, 5.74) is 0. The lowest BCUT2D eigenvalue weighted by molar-refractivity contribution is -0.157. The molecule has 15 atom stereocenters. The summed E-state index contributed by atoms with van der Waals surface area (Å²) in [7, 11) is 0.